The molecule has 1 unspecified atom stereocenters. The van der Waals surface area contributed by atoms with Gasteiger partial charge in [-0.05, 0) is 50.8 Å². The Labute approximate surface area is 128 Å². The zero-order valence-corrected chi connectivity index (χ0v) is 13.3. The standard InChI is InChI=1S/C18H27N3/c1-3-14-19-17(18-13-15-20-21(18)4-2)12-8-11-16-9-6-5-7-10-16/h5-7,9-10,13,15,17,19H,3-4,8,11-12,14H2,1-2H3. The molecule has 1 N–H and O–H groups in total. The van der Waals surface area contributed by atoms with Gasteiger partial charge in [0, 0.05) is 18.8 Å². The van der Waals surface area contributed by atoms with Gasteiger partial charge in [-0.1, -0.05) is 37.3 Å². The molecule has 0 radical (unpaired) electrons. The lowest BCUT2D eigenvalue weighted by atomic mass is 10.0. The van der Waals surface area contributed by atoms with E-state index in [1.54, 1.807) is 0 Å². The quantitative estimate of drug-likeness (QED) is 0.755. The first kappa shape index (κ1) is 15.8. The van der Waals surface area contributed by atoms with Gasteiger partial charge in [-0.2, -0.15) is 5.10 Å². The summed E-state index contributed by atoms with van der Waals surface area (Å²) in [5.74, 6) is 0. The van der Waals surface area contributed by atoms with Gasteiger partial charge < -0.3 is 5.32 Å². The molecule has 0 amide bonds. The minimum Gasteiger partial charge on any atom is -0.309 e. The summed E-state index contributed by atoms with van der Waals surface area (Å²) in [6, 6.07) is 13.3. The summed E-state index contributed by atoms with van der Waals surface area (Å²) in [7, 11) is 0. The van der Waals surface area contributed by atoms with E-state index in [0.29, 0.717) is 6.04 Å². The summed E-state index contributed by atoms with van der Waals surface area (Å²) in [5, 5.41) is 8.08. The van der Waals surface area contributed by atoms with Crippen molar-refractivity contribution in [2.24, 2.45) is 0 Å². The van der Waals surface area contributed by atoms with E-state index in [0.717, 1.165) is 32.4 Å². The number of nitrogens with one attached hydrogen (secondary N) is 1. The predicted molar refractivity (Wildman–Crippen MR) is 88.3 cm³/mol. The number of aryl methyl sites for hydroxylation is 2. The highest BCUT2D eigenvalue weighted by molar-refractivity contribution is 5.15. The molecule has 3 heteroatoms. The van der Waals surface area contributed by atoms with Crippen LogP contribution in [0.25, 0.3) is 0 Å². The molecule has 0 aliphatic carbocycles. The van der Waals surface area contributed by atoms with Gasteiger partial charge in [0.25, 0.3) is 0 Å². The lowest BCUT2D eigenvalue weighted by molar-refractivity contribution is 0.446. The number of benzene rings is 1. The molecule has 2 rings (SSSR count). The molecule has 0 spiro atoms. The van der Waals surface area contributed by atoms with Crippen molar-refractivity contribution in [1.82, 2.24) is 15.1 Å². The lowest BCUT2D eigenvalue weighted by Crippen LogP contribution is -2.25. The second kappa shape index (κ2) is 8.63. The van der Waals surface area contributed by atoms with Crippen molar-refractivity contribution >= 4 is 0 Å². The monoisotopic (exact) mass is 285 g/mol. The van der Waals surface area contributed by atoms with E-state index in [-0.39, 0.29) is 0 Å². The first-order chi connectivity index (χ1) is 10.3. The van der Waals surface area contributed by atoms with Gasteiger partial charge in [0.1, 0.15) is 0 Å². The third kappa shape index (κ3) is 4.71. The normalized spacial score (nSPS) is 12.5. The maximum Gasteiger partial charge on any atom is 0.0553 e. The van der Waals surface area contributed by atoms with Crippen LogP contribution in [0.2, 0.25) is 0 Å². The van der Waals surface area contributed by atoms with Gasteiger partial charge in [-0.25, -0.2) is 0 Å². The predicted octanol–water partition coefficient (Wildman–Crippen LogP) is 3.97. The van der Waals surface area contributed by atoms with Crippen molar-refractivity contribution < 1.29 is 0 Å². The molecular formula is C18H27N3. The van der Waals surface area contributed by atoms with Crippen LogP contribution in [0.1, 0.15) is 50.4 Å². The highest BCUT2D eigenvalue weighted by Gasteiger charge is 2.14. The summed E-state index contributed by atoms with van der Waals surface area (Å²) in [5.41, 5.74) is 2.75. The fourth-order valence-corrected chi connectivity index (χ4v) is 2.73. The zero-order chi connectivity index (χ0) is 14.9. The van der Waals surface area contributed by atoms with Crippen LogP contribution < -0.4 is 5.32 Å². The van der Waals surface area contributed by atoms with Crippen molar-refractivity contribution in [3.8, 4) is 0 Å². The van der Waals surface area contributed by atoms with Crippen molar-refractivity contribution in [2.45, 2.75) is 52.1 Å². The summed E-state index contributed by atoms with van der Waals surface area (Å²) >= 11 is 0. The van der Waals surface area contributed by atoms with E-state index in [4.69, 9.17) is 0 Å². The van der Waals surface area contributed by atoms with Crippen LogP contribution >= 0.6 is 0 Å². The van der Waals surface area contributed by atoms with Gasteiger partial charge in [0.15, 0.2) is 0 Å². The van der Waals surface area contributed by atoms with Gasteiger partial charge in [0.05, 0.1) is 5.69 Å². The number of aromatic nitrogens is 2. The molecule has 1 atom stereocenters. The molecule has 114 valence electrons. The van der Waals surface area contributed by atoms with Crippen LogP contribution in [-0.2, 0) is 13.0 Å². The molecule has 21 heavy (non-hydrogen) atoms. The van der Waals surface area contributed by atoms with E-state index < -0.39 is 0 Å². The van der Waals surface area contributed by atoms with E-state index in [2.05, 4.69) is 65.3 Å². The average molecular weight is 285 g/mol. The lowest BCUT2D eigenvalue weighted by Gasteiger charge is -2.19. The highest BCUT2D eigenvalue weighted by atomic mass is 15.3. The fraction of sp³-hybridized carbons (Fsp3) is 0.500. The zero-order valence-electron chi connectivity index (χ0n) is 13.3. The molecule has 0 saturated carbocycles. The topological polar surface area (TPSA) is 29.9 Å². The summed E-state index contributed by atoms with van der Waals surface area (Å²) in [6.07, 6.45) is 6.57. The number of hydrogen-bond acceptors (Lipinski definition) is 2. The Balaban J connectivity index is 1.93. The Morgan fingerprint density at radius 3 is 2.67 bits per heavy atom. The average Bonchev–Trinajstić information content (AvgIpc) is 3.00. The number of rotatable bonds is 9. The second-order valence-corrected chi connectivity index (χ2v) is 5.46. The Morgan fingerprint density at radius 2 is 1.95 bits per heavy atom. The SMILES string of the molecule is CCCNC(CCCc1ccccc1)c1ccnn1CC. The van der Waals surface area contributed by atoms with E-state index in [1.807, 2.05) is 6.20 Å². The van der Waals surface area contributed by atoms with E-state index >= 15 is 0 Å². The van der Waals surface area contributed by atoms with Gasteiger partial charge in [-0.15, -0.1) is 0 Å². The van der Waals surface area contributed by atoms with Crippen molar-refractivity contribution in [1.29, 1.82) is 0 Å². The maximum atomic E-state index is 4.41. The minimum atomic E-state index is 0.413. The summed E-state index contributed by atoms with van der Waals surface area (Å²) in [4.78, 5) is 0. The largest absolute Gasteiger partial charge is 0.309 e. The second-order valence-electron chi connectivity index (χ2n) is 5.46. The van der Waals surface area contributed by atoms with Crippen LogP contribution in [0, 0.1) is 0 Å². The molecule has 2 aromatic rings. The Morgan fingerprint density at radius 1 is 1.14 bits per heavy atom. The van der Waals surface area contributed by atoms with Crippen LogP contribution in [-0.4, -0.2) is 16.3 Å². The van der Waals surface area contributed by atoms with Crippen LogP contribution in [0.4, 0.5) is 0 Å². The van der Waals surface area contributed by atoms with E-state index in [1.165, 1.54) is 17.7 Å². The van der Waals surface area contributed by atoms with Crippen LogP contribution in [0.5, 0.6) is 0 Å². The fourth-order valence-electron chi connectivity index (χ4n) is 2.73. The molecule has 0 aliphatic heterocycles. The molecule has 1 aromatic heterocycles. The smallest absolute Gasteiger partial charge is 0.0553 e. The van der Waals surface area contributed by atoms with Gasteiger partial charge in [-0.3, -0.25) is 4.68 Å². The maximum absolute atomic E-state index is 4.41. The molecule has 3 nitrogen and oxygen atoms in total. The molecule has 1 aromatic carbocycles. The number of nitrogens with zero attached hydrogens (tertiary/aromatic N) is 2. The molecule has 1 heterocycles. The van der Waals surface area contributed by atoms with Crippen LogP contribution in [0.15, 0.2) is 42.6 Å². The Hall–Kier alpha value is -1.61. The number of hydrogen-bond donors (Lipinski definition) is 1. The third-order valence-electron chi connectivity index (χ3n) is 3.85. The molecule has 0 saturated heterocycles. The van der Waals surface area contributed by atoms with Crippen LogP contribution in [0.3, 0.4) is 0 Å². The Kier molecular flexibility index (Phi) is 6.48. The molecular weight excluding hydrogens is 258 g/mol. The summed E-state index contributed by atoms with van der Waals surface area (Å²) < 4.78 is 2.11. The highest BCUT2D eigenvalue weighted by Crippen LogP contribution is 2.20. The van der Waals surface area contributed by atoms with Gasteiger partial charge in [0.2, 0.25) is 0 Å². The summed E-state index contributed by atoms with van der Waals surface area (Å²) in [6.45, 7) is 6.36. The Bertz CT molecular complexity index is 504. The van der Waals surface area contributed by atoms with Crippen molar-refractivity contribution in [3.63, 3.8) is 0 Å². The first-order valence-corrected chi connectivity index (χ1v) is 8.14. The molecule has 0 bridgehead atoms. The molecule has 0 aliphatic rings. The first-order valence-electron chi connectivity index (χ1n) is 8.14. The molecule has 0 fully saturated rings. The minimum absolute atomic E-state index is 0.413. The van der Waals surface area contributed by atoms with E-state index in [9.17, 15) is 0 Å². The van der Waals surface area contributed by atoms with Crippen molar-refractivity contribution in [2.75, 3.05) is 6.54 Å². The van der Waals surface area contributed by atoms with Crippen molar-refractivity contribution in [3.05, 3.63) is 53.9 Å². The third-order valence-corrected chi connectivity index (χ3v) is 3.85. The van der Waals surface area contributed by atoms with Gasteiger partial charge >= 0.3 is 0 Å².